The van der Waals surface area contributed by atoms with Crippen LogP contribution in [0.25, 0.3) is 0 Å². The van der Waals surface area contributed by atoms with Gasteiger partial charge in [-0.3, -0.25) is 0 Å². The molecule has 0 saturated carbocycles. The second kappa shape index (κ2) is 22.9. The number of carbonyl (C=O) groups excluding carboxylic acids is 2. The lowest BCUT2D eigenvalue weighted by Crippen LogP contribution is -2.34. The number of ether oxygens (including phenoxy) is 4. The van der Waals surface area contributed by atoms with Gasteiger partial charge in [-0.25, -0.2) is 9.59 Å². The number of hydrogen-bond donors (Lipinski definition) is 1. The maximum Gasteiger partial charge on any atom is 0.378 e. The standard InChI is InChI=1S/C46H62O7/c1-5-9-18-34(7-3)24-17-25-40(30-35(8-4)19-10-6-2)38-26-28-39(29-27-38)45(48)52-33-41(47)42-43(50-31-36-20-13-11-14-21-36)44(46(49)53-42)51-32-37-22-15-12-16-23-37/h11-16,20-23,26-29,34-35,40-42,47H,5-10,17-19,24-25,30-33H2,1-4H3/t34?,35?,40?,41-,42+/m0/s1. The maximum absolute atomic E-state index is 13.2. The van der Waals surface area contributed by atoms with E-state index in [9.17, 15) is 14.7 Å². The van der Waals surface area contributed by atoms with E-state index in [-0.39, 0.29) is 24.7 Å². The average molecular weight is 727 g/mol. The molecule has 0 radical (unpaired) electrons. The van der Waals surface area contributed by atoms with Gasteiger partial charge in [-0.1, -0.05) is 165 Å². The highest BCUT2D eigenvalue weighted by atomic mass is 16.6. The Labute approximate surface area is 318 Å². The molecule has 1 heterocycles. The minimum Gasteiger partial charge on any atom is -0.485 e. The second-order valence-corrected chi connectivity index (χ2v) is 14.6. The van der Waals surface area contributed by atoms with Crippen molar-refractivity contribution in [3.63, 3.8) is 0 Å². The molecule has 5 atom stereocenters. The van der Waals surface area contributed by atoms with Crippen LogP contribution >= 0.6 is 0 Å². The summed E-state index contributed by atoms with van der Waals surface area (Å²) < 4.78 is 23.0. The Kier molecular flexibility index (Phi) is 18.0. The van der Waals surface area contributed by atoms with E-state index in [4.69, 9.17) is 18.9 Å². The molecule has 288 valence electrons. The summed E-state index contributed by atoms with van der Waals surface area (Å²) in [6.07, 6.45) is 12.3. The van der Waals surface area contributed by atoms with Crippen LogP contribution in [0.5, 0.6) is 0 Å². The minimum atomic E-state index is -1.37. The summed E-state index contributed by atoms with van der Waals surface area (Å²) in [5, 5.41) is 11.2. The van der Waals surface area contributed by atoms with Crippen molar-refractivity contribution < 1.29 is 33.6 Å². The first-order chi connectivity index (χ1) is 25.9. The Morgan fingerprint density at radius 3 is 1.87 bits per heavy atom. The number of aliphatic hydroxyl groups excluding tert-OH is 1. The van der Waals surface area contributed by atoms with Gasteiger partial charge in [0.2, 0.25) is 5.76 Å². The van der Waals surface area contributed by atoms with Crippen molar-refractivity contribution in [2.75, 3.05) is 6.61 Å². The van der Waals surface area contributed by atoms with E-state index >= 15 is 0 Å². The summed E-state index contributed by atoms with van der Waals surface area (Å²) in [7, 11) is 0. The fourth-order valence-corrected chi connectivity index (χ4v) is 7.17. The van der Waals surface area contributed by atoms with E-state index in [0.29, 0.717) is 17.4 Å². The normalized spacial score (nSPS) is 16.5. The first kappa shape index (κ1) is 41.7. The van der Waals surface area contributed by atoms with Gasteiger partial charge in [0.15, 0.2) is 11.9 Å². The summed E-state index contributed by atoms with van der Waals surface area (Å²) in [4.78, 5) is 26.2. The second-order valence-electron chi connectivity index (χ2n) is 14.6. The number of carbonyl (C=O) groups is 2. The molecule has 1 aliphatic rings. The molecule has 3 aromatic carbocycles. The Morgan fingerprint density at radius 2 is 1.28 bits per heavy atom. The molecule has 1 aliphatic heterocycles. The number of esters is 2. The highest BCUT2D eigenvalue weighted by molar-refractivity contribution is 5.90. The third-order valence-electron chi connectivity index (χ3n) is 10.6. The molecule has 7 heteroatoms. The summed E-state index contributed by atoms with van der Waals surface area (Å²) in [6, 6.07) is 26.7. The Morgan fingerprint density at radius 1 is 0.717 bits per heavy atom. The van der Waals surface area contributed by atoms with Crippen LogP contribution in [-0.4, -0.2) is 35.9 Å². The lowest BCUT2D eigenvalue weighted by atomic mass is 9.81. The predicted molar refractivity (Wildman–Crippen MR) is 210 cm³/mol. The van der Waals surface area contributed by atoms with Gasteiger partial charge in [-0.15, -0.1) is 0 Å². The zero-order chi connectivity index (χ0) is 37.8. The fraction of sp³-hybridized carbons (Fsp3) is 0.522. The van der Waals surface area contributed by atoms with E-state index in [0.717, 1.165) is 29.9 Å². The molecule has 0 saturated heterocycles. The summed E-state index contributed by atoms with van der Waals surface area (Å²) >= 11 is 0. The Balaban J connectivity index is 1.40. The van der Waals surface area contributed by atoms with E-state index < -0.39 is 30.8 Å². The fourth-order valence-electron chi connectivity index (χ4n) is 7.17. The molecule has 1 N–H and O–H groups in total. The molecule has 7 nitrogen and oxygen atoms in total. The highest BCUT2D eigenvalue weighted by Crippen LogP contribution is 2.34. The van der Waals surface area contributed by atoms with Gasteiger partial charge in [0.1, 0.15) is 25.9 Å². The molecular formula is C46H62O7. The molecule has 0 bridgehead atoms. The van der Waals surface area contributed by atoms with Crippen molar-refractivity contribution in [2.45, 2.75) is 136 Å². The number of rotatable bonds is 25. The van der Waals surface area contributed by atoms with Crippen LogP contribution in [0.4, 0.5) is 0 Å². The van der Waals surface area contributed by atoms with Gasteiger partial charge >= 0.3 is 11.9 Å². The molecule has 3 aromatic rings. The third-order valence-corrected chi connectivity index (χ3v) is 10.6. The lowest BCUT2D eigenvalue weighted by Gasteiger charge is -2.24. The molecule has 3 unspecified atom stereocenters. The van der Waals surface area contributed by atoms with E-state index in [2.05, 4.69) is 39.8 Å². The number of unbranched alkanes of at least 4 members (excludes halogenated alkanes) is 2. The van der Waals surface area contributed by atoms with Crippen LogP contribution in [0.2, 0.25) is 0 Å². The van der Waals surface area contributed by atoms with Gasteiger partial charge in [-0.2, -0.15) is 0 Å². The number of cyclic esters (lactones) is 1. The third kappa shape index (κ3) is 13.4. The smallest absolute Gasteiger partial charge is 0.378 e. The van der Waals surface area contributed by atoms with Crippen LogP contribution < -0.4 is 0 Å². The summed E-state index contributed by atoms with van der Waals surface area (Å²) in [5.41, 5.74) is 3.41. The lowest BCUT2D eigenvalue weighted by molar-refractivity contribution is -0.149. The van der Waals surface area contributed by atoms with E-state index in [1.807, 2.05) is 72.8 Å². The summed E-state index contributed by atoms with van der Waals surface area (Å²) in [6.45, 7) is 9.02. The molecule has 0 aliphatic carbocycles. The molecule has 0 spiro atoms. The Hall–Kier alpha value is -4.10. The molecule has 53 heavy (non-hydrogen) atoms. The number of aliphatic hydroxyl groups is 1. The molecular weight excluding hydrogens is 664 g/mol. The van der Waals surface area contributed by atoms with Crippen molar-refractivity contribution >= 4 is 11.9 Å². The minimum absolute atomic E-state index is 0.0775. The van der Waals surface area contributed by atoms with E-state index in [1.54, 1.807) is 0 Å². The first-order valence-corrected chi connectivity index (χ1v) is 20.1. The monoisotopic (exact) mass is 726 g/mol. The van der Waals surface area contributed by atoms with Crippen LogP contribution in [-0.2, 0) is 37.0 Å². The molecule has 0 aromatic heterocycles. The molecule has 0 amide bonds. The average Bonchev–Trinajstić information content (AvgIpc) is 3.52. The largest absolute Gasteiger partial charge is 0.485 e. The van der Waals surface area contributed by atoms with Crippen LogP contribution in [0.3, 0.4) is 0 Å². The van der Waals surface area contributed by atoms with E-state index in [1.165, 1.54) is 69.8 Å². The first-order valence-electron chi connectivity index (χ1n) is 20.1. The van der Waals surface area contributed by atoms with Gasteiger partial charge < -0.3 is 24.1 Å². The number of benzene rings is 3. The van der Waals surface area contributed by atoms with Gasteiger partial charge in [0.25, 0.3) is 0 Å². The van der Waals surface area contributed by atoms with Crippen LogP contribution in [0, 0.1) is 11.8 Å². The topological polar surface area (TPSA) is 91.3 Å². The molecule has 0 fully saturated rings. The zero-order valence-corrected chi connectivity index (χ0v) is 32.5. The van der Waals surface area contributed by atoms with Crippen molar-refractivity contribution in [3.8, 4) is 0 Å². The van der Waals surface area contributed by atoms with Crippen molar-refractivity contribution in [1.29, 1.82) is 0 Å². The maximum atomic E-state index is 13.2. The summed E-state index contributed by atoms with van der Waals surface area (Å²) in [5.74, 6) is 0.625. The zero-order valence-electron chi connectivity index (χ0n) is 32.5. The van der Waals surface area contributed by atoms with Crippen LogP contribution in [0.15, 0.2) is 96.4 Å². The van der Waals surface area contributed by atoms with Gasteiger partial charge in [0, 0.05) is 0 Å². The number of hydrogen-bond acceptors (Lipinski definition) is 7. The quantitative estimate of drug-likeness (QED) is 0.0869. The van der Waals surface area contributed by atoms with Gasteiger partial charge in [-0.05, 0) is 59.4 Å². The molecule has 4 rings (SSSR count). The Bertz CT molecular complexity index is 1520. The van der Waals surface area contributed by atoms with Crippen molar-refractivity contribution in [2.24, 2.45) is 11.8 Å². The predicted octanol–water partition coefficient (Wildman–Crippen LogP) is 10.9. The highest BCUT2D eigenvalue weighted by Gasteiger charge is 2.42. The SMILES string of the molecule is CCCCC(CC)CCCC(CC(CC)CCCC)c1ccc(C(=O)OC[C@H](O)[C@H]2OC(=O)C(OCc3ccccc3)=C2OCc2ccccc2)cc1. The van der Waals surface area contributed by atoms with Crippen molar-refractivity contribution in [1.82, 2.24) is 0 Å². The van der Waals surface area contributed by atoms with Crippen LogP contribution in [0.1, 0.15) is 138 Å². The van der Waals surface area contributed by atoms with Gasteiger partial charge in [0.05, 0.1) is 5.56 Å². The van der Waals surface area contributed by atoms with Crippen molar-refractivity contribution in [3.05, 3.63) is 119 Å².